The lowest BCUT2D eigenvalue weighted by molar-refractivity contribution is 0.253. The van der Waals surface area contributed by atoms with Gasteiger partial charge in [0.15, 0.2) is 11.2 Å². The summed E-state index contributed by atoms with van der Waals surface area (Å²) < 4.78 is 5.65. The number of aromatic amines is 2. The summed E-state index contributed by atoms with van der Waals surface area (Å²) >= 11 is 0. The van der Waals surface area contributed by atoms with E-state index in [1.165, 1.54) is 0 Å². The van der Waals surface area contributed by atoms with Crippen LogP contribution in [0.1, 0.15) is 5.89 Å². The predicted octanol–water partition coefficient (Wildman–Crippen LogP) is -0.815. The smallest absolute Gasteiger partial charge is 0.335 e. The first-order valence-electron chi connectivity index (χ1n) is 5.36. The Morgan fingerprint density at radius 3 is 2.90 bits per heavy atom. The Morgan fingerprint density at radius 2 is 2.20 bits per heavy atom. The summed E-state index contributed by atoms with van der Waals surface area (Å²) in [6.07, 6.45) is 1.10. The van der Waals surface area contributed by atoms with Gasteiger partial charge in [0.05, 0.1) is 0 Å². The first-order chi connectivity index (χ1) is 9.54. The van der Waals surface area contributed by atoms with Gasteiger partial charge in [0, 0.05) is 6.92 Å². The minimum absolute atomic E-state index is 0.0310. The second-order valence-corrected chi connectivity index (χ2v) is 3.79. The highest BCUT2D eigenvalue weighted by Crippen LogP contribution is 2.05. The Labute approximate surface area is 108 Å². The largest absolute Gasteiger partial charge is 0.338 e. The molecular formula is C9H7N7O4. The lowest BCUT2D eigenvalue weighted by Crippen LogP contribution is -2.25. The van der Waals surface area contributed by atoms with Gasteiger partial charge in [0.2, 0.25) is 5.89 Å². The monoisotopic (exact) mass is 277 g/mol. The molecule has 3 N–H and O–H groups in total. The maximum absolute atomic E-state index is 12.0. The molecule has 0 aromatic carbocycles. The van der Waals surface area contributed by atoms with Crippen LogP contribution in [-0.2, 0) is 0 Å². The minimum Gasteiger partial charge on any atom is -0.338 e. The van der Waals surface area contributed by atoms with Gasteiger partial charge in [0.1, 0.15) is 6.33 Å². The molecular weight excluding hydrogens is 270 g/mol. The van der Waals surface area contributed by atoms with E-state index in [0.29, 0.717) is 0 Å². The van der Waals surface area contributed by atoms with Gasteiger partial charge in [-0.05, 0) is 5.16 Å². The highest BCUT2D eigenvalue weighted by molar-refractivity contribution is 5.94. The number of amides is 1. The molecule has 0 fully saturated rings. The minimum atomic E-state index is -0.743. The summed E-state index contributed by atoms with van der Waals surface area (Å²) in [6.45, 7) is 1.56. The predicted molar refractivity (Wildman–Crippen MR) is 64.4 cm³/mol. The summed E-state index contributed by atoms with van der Waals surface area (Å²) in [4.78, 5) is 46.5. The molecule has 0 aliphatic carbocycles. The van der Waals surface area contributed by atoms with Crippen LogP contribution in [0.2, 0.25) is 0 Å². The Balaban J connectivity index is 2.04. The third-order valence-electron chi connectivity index (χ3n) is 2.41. The van der Waals surface area contributed by atoms with Gasteiger partial charge >= 0.3 is 11.7 Å². The fourth-order valence-corrected chi connectivity index (χ4v) is 1.60. The number of aromatic nitrogens is 6. The maximum Gasteiger partial charge on any atom is 0.335 e. The van der Waals surface area contributed by atoms with E-state index in [9.17, 15) is 14.4 Å². The number of H-pyrrole nitrogens is 2. The van der Waals surface area contributed by atoms with E-state index >= 15 is 0 Å². The standard InChI is InChI=1S/C9H7N7O4/c1-3-11-7(15-20-3)14-9(19)16-2-10-4-5(16)12-8(18)13-6(4)17/h2H,1H3,(H,14,15,19)(H2,12,13,17,18). The van der Waals surface area contributed by atoms with Crippen LogP contribution in [-0.4, -0.2) is 35.7 Å². The van der Waals surface area contributed by atoms with Gasteiger partial charge in [-0.1, -0.05) is 0 Å². The Morgan fingerprint density at radius 1 is 1.40 bits per heavy atom. The molecule has 3 aromatic rings. The molecule has 1 amide bonds. The third kappa shape index (κ3) is 1.86. The number of carbonyl (C=O) groups excluding carboxylic acids is 1. The van der Waals surface area contributed by atoms with E-state index in [0.717, 1.165) is 10.9 Å². The number of nitrogens with one attached hydrogen (secondary N) is 3. The van der Waals surface area contributed by atoms with Crippen LogP contribution in [0.5, 0.6) is 0 Å². The van der Waals surface area contributed by atoms with Crippen molar-refractivity contribution in [3.8, 4) is 0 Å². The molecule has 0 unspecified atom stereocenters. The van der Waals surface area contributed by atoms with Crippen molar-refractivity contribution < 1.29 is 9.32 Å². The van der Waals surface area contributed by atoms with Gasteiger partial charge < -0.3 is 4.52 Å². The molecule has 3 heterocycles. The molecule has 102 valence electrons. The van der Waals surface area contributed by atoms with Crippen molar-refractivity contribution in [2.45, 2.75) is 6.92 Å². The summed E-state index contributed by atoms with van der Waals surface area (Å²) in [5, 5.41) is 5.82. The Bertz CT molecular complexity index is 914. The van der Waals surface area contributed by atoms with Gasteiger partial charge in [-0.3, -0.25) is 20.1 Å². The zero-order valence-corrected chi connectivity index (χ0v) is 10.00. The average Bonchev–Trinajstić information content (AvgIpc) is 2.95. The molecule has 0 aliphatic heterocycles. The van der Waals surface area contributed by atoms with E-state index in [1.807, 2.05) is 4.98 Å². The van der Waals surface area contributed by atoms with Crippen LogP contribution in [0.3, 0.4) is 0 Å². The van der Waals surface area contributed by atoms with E-state index < -0.39 is 17.3 Å². The lowest BCUT2D eigenvalue weighted by atomic mass is 10.5. The van der Waals surface area contributed by atoms with Crippen LogP contribution in [0.4, 0.5) is 10.7 Å². The van der Waals surface area contributed by atoms with Crippen molar-refractivity contribution in [2.24, 2.45) is 0 Å². The Kier molecular flexibility index (Phi) is 2.45. The van der Waals surface area contributed by atoms with E-state index in [2.05, 4.69) is 25.4 Å². The molecule has 0 spiro atoms. The quantitative estimate of drug-likeness (QED) is 0.525. The molecule has 0 aliphatic rings. The number of nitrogens with zero attached hydrogens (tertiary/aromatic N) is 4. The van der Waals surface area contributed by atoms with Crippen LogP contribution in [0.25, 0.3) is 11.2 Å². The maximum atomic E-state index is 12.0. The molecule has 3 rings (SSSR count). The average molecular weight is 277 g/mol. The first-order valence-corrected chi connectivity index (χ1v) is 5.36. The zero-order valence-electron chi connectivity index (χ0n) is 10.00. The van der Waals surface area contributed by atoms with Crippen LogP contribution < -0.4 is 16.6 Å². The summed E-state index contributed by atoms with van der Waals surface area (Å²) in [7, 11) is 0. The summed E-state index contributed by atoms with van der Waals surface area (Å²) in [6, 6.07) is -0.699. The second-order valence-electron chi connectivity index (χ2n) is 3.79. The van der Waals surface area contributed by atoms with E-state index in [4.69, 9.17) is 4.52 Å². The fourth-order valence-electron chi connectivity index (χ4n) is 1.60. The van der Waals surface area contributed by atoms with Crippen molar-refractivity contribution >= 4 is 23.1 Å². The van der Waals surface area contributed by atoms with Crippen molar-refractivity contribution in [1.29, 1.82) is 0 Å². The number of hydrogen-bond donors (Lipinski definition) is 3. The highest BCUT2D eigenvalue weighted by atomic mass is 16.5. The summed E-state index contributed by atoms with van der Waals surface area (Å²) in [5.74, 6) is 0.238. The van der Waals surface area contributed by atoms with Crippen molar-refractivity contribution in [1.82, 2.24) is 29.7 Å². The number of fused-ring (bicyclic) bond motifs is 1. The number of aryl methyl sites for hydroxylation is 1. The second kappa shape index (κ2) is 4.15. The Hall–Kier alpha value is -3.24. The lowest BCUT2D eigenvalue weighted by Gasteiger charge is -2.01. The third-order valence-corrected chi connectivity index (χ3v) is 2.41. The normalized spacial score (nSPS) is 10.8. The van der Waals surface area contributed by atoms with Crippen LogP contribution in [0, 0.1) is 6.92 Å². The molecule has 0 saturated heterocycles. The van der Waals surface area contributed by atoms with Crippen molar-refractivity contribution in [2.75, 3.05) is 5.32 Å². The van der Waals surface area contributed by atoms with Gasteiger partial charge in [0.25, 0.3) is 11.5 Å². The van der Waals surface area contributed by atoms with Gasteiger partial charge in [-0.25, -0.2) is 19.1 Å². The number of carbonyl (C=O) groups is 1. The van der Waals surface area contributed by atoms with Gasteiger partial charge in [-0.2, -0.15) is 4.98 Å². The SMILES string of the molecule is Cc1nc(NC(=O)n2cnc3c(=O)[nH]c(=O)[nH]c32)no1. The number of rotatable bonds is 1. The highest BCUT2D eigenvalue weighted by Gasteiger charge is 2.15. The summed E-state index contributed by atoms with van der Waals surface area (Å²) in [5.41, 5.74) is -1.53. The van der Waals surface area contributed by atoms with Crippen molar-refractivity contribution in [3.63, 3.8) is 0 Å². The molecule has 11 heteroatoms. The topological polar surface area (TPSA) is 152 Å². The van der Waals surface area contributed by atoms with Crippen molar-refractivity contribution in [3.05, 3.63) is 33.1 Å². The van der Waals surface area contributed by atoms with E-state index in [1.54, 1.807) is 6.92 Å². The molecule has 0 radical (unpaired) electrons. The van der Waals surface area contributed by atoms with Gasteiger partial charge in [-0.15, -0.1) is 0 Å². The van der Waals surface area contributed by atoms with Crippen LogP contribution >= 0.6 is 0 Å². The fraction of sp³-hybridized carbons (Fsp3) is 0.111. The molecule has 11 nitrogen and oxygen atoms in total. The molecule has 0 saturated carbocycles. The molecule has 0 bridgehead atoms. The number of hydrogen-bond acceptors (Lipinski definition) is 7. The number of imidazole rings is 1. The number of anilines is 1. The first kappa shape index (κ1) is 11.8. The van der Waals surface area contributed by atoms with Crippen LogP contribution in [0.15, 0.2) is 20.4 Å². The molecule has 20 heavy (non-hydrogen) atoms. The van der Waals surface area contributed by atoms with E-state index in [-0.39, 0.29) is 23.0 Å². The molecule has 0 atom stereocenters. The zero-order chi connectivity index (χ0) is 14.3. The molecule has 3 aromatic heterocycles.